The normalized spacial score (nSPS) is 19.3. The molecule has 1 aromatic carbocycles. The molecule has 0 aliphatic heterocycles. The molecule has 0 saturated heterocycles. The Morgan fingerprint density at radius 3 is 2.17 bits per heavy atom. The van der Waals surface area contributed by atoms with E-state index in [1.165, 1.54) is 6.07 Å². The Labute approximate surface area is 140 Å². The number of rotatable bonds is 3. The maximum absolute atomic E-state index is 13.1. The van der Waals surface area contributed by atoms with Crippen molar-refractivity contribution in [3.05, 3.63) is 53.7 Å². The van der Waals surface area contributed by atoms with Crippen LogP contribution in [0, 0.1) is 16.7 Å². The number of benzene rings is 1. The van der Waals surface area contributed by atoms with Crippen molar-refractivity contribution in [1.29, 1.82) is 0 Å². The first-order valence-corrected chi connectivity index (χ1v) is 8.16. The number of aromatic nitrogens is 1. The SMILES string of the molecule is CC1(C)C(Cc2cc(C(F)(F)F)ccc2-c2ccccn2)C1(C)C. The van der Waals surface area contributed by atoms with Crippen LogP contribution in [0.15, 0.2) is 42.6 Å². The molecule has 1 aliphatic carbocycles. The Kier molecular flexibility index (Phi) is 3.78. The zero-order valence-corrected chi connectivity index (χ0v) is 14.4. The summed E-state index contributed by atoms with van der Waals surface area (Å²) in [7, 11) is 0. The molecule has 0 spiro atoms. The Hall–Kier alpha value is -1.84. The fourth-order valence-electron chi connectivity index (χ4n) is 3.77. The summed E-state index contributed by atoms with van der Waals surface area (Å²) in [6.07, 6.45) is -2.02. The molecule has 0 atom stereocenters. The number of alkyl halides is 3. The molecule has 1 nitrogen and oxygen atoms in total. The summed E-state index contributed by atoms with van der Waals surface area (Å²) in [5.74, 6) is 0.357. The van der Waals surface area contributed by atoms with Gasteiger partial charge in [-0.25, -0.2) is 0 Å². The summed E-state index contributed by atoms with van der Waals surface area (Å²) >= 11 is 0. The lowest BCUT2D eigenvalue weighted by molar-refractivity contribution is -0.137. The van der Waals surface area contributed by atoms with E-state index in [0.717, 1.165) is 22.9 Å². The second-order valence-corrected chi connectivity index (χ2v) is 7.78. The van der Waals surface area contributed by atoms with E-state index in [2.05, 4.69) is 32.7 Å². The van der Waals surface area contributed by atoms with Crippen LogP contribution >= 0.6 is 0 Å². The second kappa shape index (κ2) is 5.33. The first kappa shape index (κ1) is 17.0. The van der Waals surface area contributed by atoms with Gasteiger partial charge >= 0.3 is 6.18 Å². The van der Waals surface area contributed by atoms with Gasteiger partial charge in [-0.15, -0.1) is 0 Å². The van der Waals surface area contributed by atoms with Crippen LogP contribution in [0.25, 0.3) is 11.3 Å². The third-order valence-electron chi connectivity index (χ3n) is 6.12. The summed E-state index contributed by atoms with van der Waals surface area (Å²) in [4.78, 5) is 4.32. The van der Waals surface area contributed by atoms with Gasteiger partial charge in [-0.3, -0.25) is 4.98 Å². The van der Waals surface area contributed by atoms with E-state index in [4.69, 9.17) is 0 Å². The molecule has 0 unspecified atom stereocenters. The third kappa shape index (κ3) is 2.72. The van der Waals surface area contributed by atoms with Gasteiger partial charge in [0.05, 0.1) is 11.3 Å². The van der Waals surface area contributed by atoms with Crippen molar-refractivity contribution < 1.29 is 13.2 Å². The van der Waals surface area contributed by atoms with Crippen LogP contribution in [0.2, 0.25) is 0 Å². The van der Waals surface area contributed by atoms with E-state index in [9.17, 15) is 13.2 Å². The lowest BCUT2D eigenvalue weighted by atomic mass is 9.94. The Morgan fingerprint density at radius 2 is 1.67 bits per heavy atom. The topological polar surface area (TPSA) is 12.9 Å². The molecule has 0 radical (unpaired) electrons. The molecular weight excluding hydrogens is 311 g/mol. The minimum absolute atomic E-state index is 0.128. The standard InChI is InChI=1S/C20H22F3N/c1-18(2)17(19(18,3)4)12-13-11-14(20(21,22)23)8-9-15(13)16-7-5-6-10-24-16/h5-11,17H,12H2,1-4H3. The van der Waals surface area contributed by atoms with Crippen molar-refractivity contribution >= 4 is 0 Å². The maximum atomic E-state index is 13.1. The summed E-state index contributed by atoms with van der Waals surface area (Å²) in [5, 5.41) is 0. The molecule has 0 amide bonds. The molecule has 128 valence electrons. The molecule has 24 heavy (non-hydrogen) atoms. The van der Waals surface area contributed by atoms with Gasteiger partial charge in [0.25, 0.3) is 0 Å². The van der Waals surface area contributed by atoms with Crippen LogP contribution in [0.3, 0.4) is 0 Å². The lowest BCUT2D eigenvalue weighted by Gasteiger charge is -2.14. The highest BCUT2D eigenvalue weighted by Gasteiger charge is 2.64. The zero-order chi connectivity index (χ0) is 17.8. The molecule has 1 saturated carbocycles. The monoisotopic (exact) mass is 333 g/mol. The Balaban J connectivity index is 2.04. The van der Waals surface area contributed by atoms with Crippen LogP contribution < -0.4 is 0 Å². The number of pyridine rings is 1. The highest BCUT2D eigenvalue weighted by atomic mass is 19.4. The van der Waals surface area contributed by atoms with Crippen molar-refractivity contribution in [1.82, 2.24) is 4.98 Å². The van der Waals surface area contributed by atoms with Gasteiger partial charge in [-0.1, -0.05) is 39.8 Å². The van der Waals surface area contributed by atoms with Crippen molar-refractivity contribution in [3.63, 3.8) is 0 Å². The Bertz CT molecular complexity index is 731. The van der Waals surface area contributed by atoms with Crippen molar-refractivity contribution in [2.24, 2.45) is 16.7 Å². The predicted molar refractivity (Wildman–Crippen MR) is 89.4 cm³/mol. The Morgan fingerprint density at radius 1 is 1.00 bits per heavy atom. The quantitative estimate of drug-likeness (QED) is 0.672. The number of hydrogen-bond donors (Lipinski definition) is 0. The van der Waals surface area contributed by atoms with E-state index < -0.39 is 11.7 Å². The molecular formula is C20H22F3N. The van der Waals surface area contributed by atoms with Gasteiger partial charge in [0, 0.05) is 11.8 Å². The highest BCUT2D eigenvalue weighted by Crippen LogP contribution is 2.69. The van der Waals surface area contributed by atoms with Crippen molar-refractivity contribution in [3.8, 4) is 11.3 Å². The van der Waals surface area contributed by atoms with Gasteiger partial charge in [-0.2, -0.15) is 13.2 Å². The fraction of sp³-hybridized carbons (Fsp3) is 0.450. The molecule has 4 heteroatoms. The molecule has 3 rings (SSSR count). The lowest BCUT2D eigenvalue weighted by Crippen LogP contribution is -2.07. The average Bonchev–Trinajstić information content (AvgIpc) is 2.89. The molecule has 0 bridgehead atoms. The van der Waals surface area contributed by atoms with Crippen LogP contribution in [0.4, 0.5) is 13.2 Å². The minimum atomic E-state index is -4.33. The molecule has 2 aromatic rings. The summed E-state index contributed by atoms with van der Waals surface area (Å²) in [6, 6.07) is 9.51. The van der Waals surface area contributed by atoms with Crippen molar-refractivity contribution in [2.75, 3.05) is 0 Å². The molecule has 1 aliphatic rings. The van der Waals surface area contributed by atoms with Crippen LogP contribution in [0.1, 0.15) is 38.8 Å². The summed E-state index contributed by atoms with van der Waals surface area (Å²) < 4.78 is 39.4. The number of halogens is 3. The first-order chi connectivity index (χ1) is 11.0. The fourth-order valence-corrected chi connectivity index (χ4v) is 3.77. The number of hydrogen-bond acceptors (Lipinski definition) is 1. The van der Waals surface area contributed by atoms with E-state index >= 15 is 0 Å². The van der Waals surface area contributed by atoms with E-state index in [0.29, 0.717) is 12.3 Å². The third-order valence-corrected chi connectivity index (χ3v) is 6.12. The van der Waals surface area contributed by atoms with Crippen LogP contribution in [0.5, 0.6) is 0 Å². The molecule has 1 heterocycles. The van der Waals surface area contributed by atoms with Crippen molar-refractivity contribution in [2.45, 2.75) is 40.3 Å². The largest absolute Gasteiger partial charge is 0.416 e. The van der Waals surface area contributed by atoms with E-state index in [-0.39, 0.29) is 10.8 Å². The van der Waals surface area contributed by atoms with Crippen LogP contribution in [-0.2, 0) is 12.6 Å². The highest BCUT2D eigenvalue weighted by molar-refractivity contribution is 5.64. The molecule has 1 aromatic heterocycles. The van der Waals surface area contributed by atoms with Gasteiger partial charge in [-0.05, 0) is 53.0 Å². The van der Waals surface area contributed by atoms with E-state index in [1.807, 2.05) is 12.1 Å². The first-order valence-electron chi connectivity index (χ1n) is 8.16. The molecule has 0 N–H and O–H groups in total. The minimum Gasteiger partial charge on any atom is -0.256 e. The zero-order valence-electron chi connectivity index (χ0n) is 14.4. The van der Waals surface area contributed by atoms with Gasteiger partial charge < -0.3 is 0 Å². The maximum Gasteiger partial charge on any atom is 0.416 e. The number of nitrogens with zero attached hydrogens (tertiary/aromatic N) is 1. The van der Waals surface area contributed by atoms with Gasteiger partial charge in [0.15, 0.2) is 0 Å². The summed E-state index contributed by atoms with van der Waals surface area (Å²) in [6.45, 7) is 8.74. The average molecular weight is 333 g/mol. The van der Waals surface area contributed by atoms with E-state index in [1.54, 1.807) is 18.3 Å². The second-order valence-electron chi connectivity index (χ2n) is 7.78. The van der Waals surface area contributed by atoms with Crippen LogP contribution in [-0.4, -0.2) is 4.98 Å². The van der Waals surface area contributed by atoms with Gasteiger partial charge in [0.1, 0.15) is 0 Å². The summed E-state index contributed by atoms with van der Waals surface area (Å²) in [5.41, 5.74) is 1.91. The molecule has 1 fully saturated rings. The smallest absolute Gasteiger partial charge is 0.256 e. The van der Waals surface area contributed by atoms with Gasteiger partial charge in [0.2, 0.25) is 0 Å². The predicted octanol–water partition coefficient (Wildman–Crippen LogP) is 5.99.